The second kappa shape index (κ2) is 6.11. The average Bonchev–Trinajstić information content (AvgIpc) is 3.27. The quantitative estimate of drug-likeness (QED) is 0.638. The maximum absolute atomic E-state index is 12.0. The molecule has 0 saturated carbocycles. The molecule has 1 amide bonds. The van der Waals surface area contributed by atoms with Gasteiger partial charge in [-0.2, -0.15) is 15.0 Å². The predicted molar refractivity (Wildman–Crippen MR) is 82.5 cm³/mol. The summed E-state index contributed by atoms with van der Waals surface area (Å²) in [6.45, 7) is 1.71. The van der Waals surface area contributed by atoms with E-state index in [9.17, 15) is 4.79 Å². The van der Waals surface area contributed by atoms with Gasteiger partial charge in [0.25, 0.3) is 0 Å². The Labute approximate surface area is 137 Å². The minimum atomic E-state index is -0.0382. The predicted octanol–water partition coefficient (Wildman–Crippen LogP) is 0.608. The lowest BCUT2D eigenvalue weighted by Gasteiger charge is -2.38. The monoisotopic (exact) mass is 325 g/mol. The Morgan fingerprint density at radius 2 is 2.17 bits per heavy atom. The average molecular weight is 325 g/mol. The lowest BCUT2D eigenvalue weighted by Crippen LogP contribution is -2.50. The number of hydrogen-bond donors (Lipinski definition) is 0. The van der Waals surface area contributed by atoms with E-state index in [4.69, 9.17) is 4.42 Å². The zero-order valence-corrected chi connectivity index (χ0v) is 12.8. The van der Waals surface area contributed by atoms with Crippen LogP contribution >= 0.6 is 0 Å². The summed E-state index contributed by atoms with van der Waals surface area (Å²) in [5, 5.41) is 16.3. The van der Waals surface area contributed by atoms with Crippen LogP contribution in [-0.4, -0.2) is 53.9 Å². The Hall–Kier alpha value is -3.23. The highest BCUT2D eigenvalue weighted by atomic mass is 16.3. The Kier molecular flexibility index (Phi) is 3.66. The fraction of sp³-hybridized carbons (Fsp3) is 0.267. The molecule has 1 aliphatic rings. The van der Waals surface area contributed by atoms with Gasteiger partial charge in [-0.1, -0.05) is 5.21 Å². The molecule has 0 atom stereocenters. The summed E-state index contributed by atoms with van der Waals surface area (Å²) < 4.78 is 6.95. The van der Waals surface area contributed by atoms with Gasteiger partial charge in [0.1, 0.15) is 18.0 Å². The number of carbonyl (C=O) groups excluding carboxylic acids is 1. The largest absolute Gasteiger partial charge is 0.465 e. The van der Waals surface area contributed by atoms with Gasteiger partial charge in [-0.15, -0.1) is 5.10 Å². The lowest BCUT2D eigenvalue weighted by molar-refractivity contribution is -0.131. The van der Waals surface area contributed by atoms with Crippen molar-refractivity contribution in [3.05, 3.63) is 54.5 Å². The van der Waals surface area contributed by atoms with Gasteiger partial charge in [-0.3, -0.25) is 4.79 Å². The Morgan fingerprint density at radius 1 is 1.33 bits per heavy atom. The van der Waals surface area contributed by atoms with Gasteiger partial charge in [0.15, 0.2) is 0 Å². The first-order chi connectivity index (χ1) is 11.8. The third kappa shape index (κ3) is 2.96. The molecule has 1 fully saturated rings. The summed E-state index contributed by atoms with van der Waals surface area (Å²) in [5.41, 5.74) is 0.786. The fourth-order valence-corrected chi connectivity index (χ4v) is 2.48. The number of furan rings is 1. The zero-order chi connectivity index (χ0) is 16.4. The molecule has 24 heavy (non-hydrogen) atoms. The molecular formula is C15H15N7O2. The Bertz CT molecular complexity index is 829. The minimum absolute atomic E-state index is 0.0382. The van der Waals surface area contributed by atoms with Crippen molar-refractivity contribution in [1.29, 1.82) is 0 Å². The van der Waals surface area contributed by atoms with E-state index in [1.165, 1.54) is 6.08 Å². The molecular weight excluding hydrogens is 310 g/mol. The highest BCUT2D eigenvalue weighted by molar-refractivity contribution is 5.92. The van der Waals surface area contributed by atoms with Crippen molar-refractivity contribution in [2.24, 2.45) is 0 Å². The van der Waals surface area contributed by atoms with Crippen LogP contribution in [0.3, 0.4) is 0 Å². The second-order valence-electron chi connectivity index (χ2n) is 5.50. The molecule has 9 nitrogen and oxygen atoms in total. The van der Waals surface area contributed by atoms with Crippen LogP contribution in [0.1, 0.15) is 17.5 Å². The summed E-state index contributed by atoms with van der Waals surface area (Å²) in [4.78, 5) is 15.3. The highest BCUT2D eigenvalue weighted by Crippen LogP contribution is 2.21. The van der Waals surface area contributed by atoms with Crippen molar-refractivity contribution < 1.29 is 9.21 Å². The van der Waals surface area contributed by atoms with Gasteiger partial charge in [0, 0.05) is 19.2 Å². The van der Waals surface area contributed by atoms with Crippen LogP contribution in [0.5, 0.6) is 0 Å². The summed E-state index contributed by atoms with van der Waals surface area (Å²) in [7, 11) is 0. The first kappa shape index (κ1) is 14.4. The zero-order valence-electron chi connectivity index (χ0n) is 12.8. The van der Waals surface area contributed by atoms with E-state index >= 15 is 0 Å². The minimum Gasteiger partial charge on any atom is -0.465 e. The van der Waals surface area contributed by atoms with E-state index in [0.717, 1.165) is 5.69 Å². The van der Waals surface area contributed by atoms with E-state index in [2.05, 4.69) is 20.5 Å². The van der Waals surface area contributed by atoms with Crippen LogP contribution in [0.4, 0.5) is 0 Å². The molecule has 0 aliphatic carbocycles. The lowest BCUT2D eigenvalue weighted by atomic mass is 10.1. The summed E-state index contributed by atoms with van der Waals surface area (Å²) in [6, 6.07) is 3.73. The molecule has 0 radical (unpaired) electrons. The second-order valence-corrected chi connectivity index (χ2v) is 5.50. The molecule has 0 unspecified atom stereocenters. The maximum Gasteiger partial charge on any atom is 0.246 e. The van der Waals surface area contributed by atoms with Gasteiger partial charge >= 0.3 is 0 Å². The number of amides is 1. The molecule has 0 spiro atoms. The molecule has 4 rings (SSSR count). The number of hydrogen-bond acceptors (Lipinski definition) is 6. The summed E-state index contributed by atoms with van der Waals surface area (Å²) in [5.74, 6) is 0.623. The maximum atomic E-state index is 12.0. The van der Waals surface area contributed by atoms with Gasteiger partial charge < -0.3 is 9.32 Å². The van der Waals surface area contributed by atoms with Crippen LogP contribution < -0.4 is 0 Å². The molecule has 3 aromatic heterocycles. The van der Waals surface area contributed by atoms with Crippen molar-refractivity contribution in [3.63, 3.8) is 0 Å². The van der Waals surface area contributed by atoms with Crippen molar-refractivity contribution in [2.45, 2.75) is 12.6 Å². The van der Waals surface area contributed by atoms with Crippen molar-refractivity contribution in [1.82, 2.24) is 34.9 Å². The Balaban J connectivity index is 1.31. The van der Waals surface area contributed by atoms with E-state index in [1.807, 2.05) is 6.20 Å². The molecule has 1 aliphatic heterocycles. The van der Waals surface area contributed by atoms with Crippen molar-refractivity contribution in [3.8, 4) is 0 Å². The molecule has 1 saturated heterocycles. The fourth-order valence-electron chi connectivity index (χ4n) is 2.48. The van der Waals surface area contributed by atoms with E-state index in [1.54, 1.807) is 51.2 Å². The first-order valence-corrected chi connectivity index (χ1v) is 7.53. The SMILES string of the molecule is O=C(/C=C/c1ccco1)N1CC(n2cc(Cn3nccn3)nn2)C1. The van der Waals surface area contributed by atoms with Gasteiger partial charge in [-0.25, -0.2) is 4.68 Å². The molecule has 0 N–H and O–H groups in total. The summed E-state index contributed by atoms with van der Waals surface area (Å²) in [6.07, 6.45) is 9.87. The molecule has 9 heteroatoms. The molecule has 3 aromatic rings. The van der Waals surface area contributed by atoms with Gasteiger partial charge in [0.2, 0.25) is 5.91 Å². The van der Waals surface area contributed by atoms with E-state index in [-0.39, 0.29) is 11.9 Å². The first-order valence-electron chi connectivity index (χ1n) is 7.53. The van der Waals surface area contributed by atoms with Crippen LogP contribution in [0.15, 0.2) is 47.5 Å². The van der Waals surface area contributed by atoms with Crippen LogP contribution in [-0.2, 0) is 11.3 Å². The number of aromatic nitrogens is 6. The standard InChI is InChI=1S/C15H15N7O2/c23-15(4-3-14-2-1-7-24-14)20-10-13(11-20)21-8-12(18-19-21)9-22-16-5-6-17-22/h1-8,13H,9-11H2/b4-3+. The third-order valence-corrected chi connectivity index (χ3v) is 3.81. The van der Waals surface area contributed by atoms with Crippen LogP contribution in [0.2, 0.25) is 0 Å². The Morgan fingerprint density at radius 3 is 2.92 bits per heavy atom. The summed E-state index contributed by atoms with van der Waals surface area (Å²) >= 11 is 0. The molecule has 0 aromatic carbocycles. The number of likely N-dealkylation sites (tertiary alicyclic amines) is 1. The van der Waals surface area contributed by atoms with Gasteiger partial charge in [-0.05, 0) is 18.2 Å². The highest BCUT2D eigenvalue weighted by Gasteiger charge is 2.31. The van der Waals surface area contributed by atoms with Crippen molar-refractivity contribution in [2.75, 3.05) is 13.1 Å². The van der Waals surface area contributed by atoms with E-state index < -0.39 is 0 Å². The van der Waals surface area contributed by atoms with E-state index in [0.29, 0.717) is 25.4 Å². The third-order valence-electron chi connectivity index (χ3n) is 3.81. The smallest absolute Gasteiger partial charge is 0.246 e. The molecule has 4 heterocycles. The van der Waals surface area contributed by atoms with Crippen molar-refractivity contribution >= 4 is 12.0 Å². The number of rotatable bonds is 5. The van der Waals surface area contributed by atoms with Crippen LogP contribution in [0.25, 0.3) is 6.08 Å². The normalized spacial score (nSPS) is 15.1. The topological polar surface area (TPSA) is 94.9 Å². The van der Waals surface area contributed by atoms with Gasteiger partial charge in [0.05, 0.1) is 30.9 Å². The number of carbonyl (C=O) groups is 1. The molecule has 0 bridgehead atoms. The molecule has 122 valence electrons. The van der Waals surface area contributed by atoms with Crippen LogP contribution in [0, 0.1) is 0 Å². The number of nitrogens with zero attached hydrogens (tertiary/aromatic N) is 7.